The van der Waals surface area contributed by atoms with Gasteiger partial charge < -0.3 is 15.0 Å². The standard InChI is InChI=1S/C28H26N4O6.CH4/c33-28(24-17-21(31(34)35)18-25(32(36)37)27(24)30-13-14-30)38-15-7-1-6-12-29-26-22-10-4-2-8-19(22)16-20-9-3-5-11-23(20)26;/h2-5,8-11,16-18,29H,1,6-7,12-15H2;1H4. The van der Waals surface area contributed by atoms with E-state index in [0.29, 0.717) is 19.5 Å². The minimum Gasteiger partial charge on any atom is -0.462 e. The lowest BCUT2D eigenvalue weighted by molar-refractivity contribution is -0.393. The molecule has 1 aliphatic rings. The third-order valence-electron chi connectivity index (χ3n) is 6.59. The Morgan fingerprint density at radius 3 is 2.10 bits per heavy atom. The Hall–Kier alpha value is -4.73. The SMILES string of the molecule is C.O=C(OCCCCCNc1c2ccccc2cc2ccccc12)c1cc([N+](=O)[O-])cc([N+](=O)[O-])c1N1CC1. The van der Waals surface area contributed by atoms with Gasteiger partial charge in [0.1, 0.15) is 5.69 Å². The normalized spacial score (nSPS) is 12.2. The molecule has 1 fully saturated rings. The van der Waals surface area contributed by atoms with Crippen molar-refractivity contribution in [1.29, 1.82) is 0 Å². The monoisotopic (exact) mass is 530 g/mol. The molecule has 39 heavy (non-hydrogen) atoms. The van der Waals surface area contributed by atoms with Crippen LogP contribution in [0, 0.1) is 20.2 Å². The minimum atomic E-state index is -0.793. The van der Waals surface area contributed by atoms with E-state index in [2.05, 4.69) is 35.6 Å². The summed E-state index contributed by atoms with van der Waals surface area (Å²) in [4.78, 5) is 35.7. The van der Waals surface area contributed by atoms with Crippen molar-refractivity contribution in [1.82, 2.24) is 0 Å². The zero-order valence-electron chi connectivity index (χ0n) is 20.6. The Kier molecular flexibility index (Phi) is 8.24. The molecular weight excluding hydrogens is 500 g/mol. The van der Waals surface area contributed by atoms with Gasteiger partial charge in [-0.2, -0.15) is 0 Å². The summed E-state index contributed by atoms with van der Waals surface area (Å²) in [6.45, 7) is 1.93. The first-order chi connectivity index (χ1) is 18.4. The van der Waals surface area contributed by atoms with E-state index >= 15 is 0 Å². The molecule has 10 heteroatoms. The van der Waals surface area contributed by atoms with Gasteiger partial charge in [0.05, 0.1) is 28.1 Å². The number of benzene rings is 4. The Bertz CT molecular complexity index is 1500. The second-order valence-electron chi connectivity index (χ2n) is 9.18. The highest BCUT2D eigenvalue weighted by atomic mass is 16.6. The zero-order valence-corrected chi connectivity index (χ0v) is 20.6. The molecular formula is C29H30N4O6. The summed E-state index contributed by atoms with van der Waals surface area (Å²) in [7, 11) is 0. The number of nitrogens with zero attached hydrogens (tertiary/aromatic N) is 3. The summed E-state index contributed by atoms with van der Waals surface area (Å²) in [5.41, 5.74) is 0.0574. The number of hydrogen-bond donors (Lipinski definition) is 1. The topological polar surface area (TPSA) is 128 Å². The van der Waals surface area contributed by atoms with Crippen molar-refractivity contribution in [2.45, 2.75) is 26.7 Å². The molecule has 4 aromatic carbocycles. The van der Waals surface area contributed by atoms with E-state index in [0.717, 1.165) is 48.0 Å². The van der Waals surface area contributed by atoms with Gasteiger partial charge in [0.15, 0.2) is 0 Å². The molecule has 1 saturated heterocycles. The molecule has 0 saturated carbocycles. The van der Waals surface area contributed by atoms with E-state index in [1.54, 1.807) is 4.90 Å². The zero-order chi connectivity index (χ0) is 26.6. The van der Waals surface area contributed by atoms with Crippen LogP contribution in [0.3, 0.4) is 0 Å². The molecule has 1 aliphatic heterocycles. The molecule has 0 amide bonds. The first kappa shape index (κ1) is 27.3. The average molecular weight is 531 g/mol. The Morgan fingerprint density at radius 1 is 0.872 bits per heavy atom. The molecule has 1 heterocycles. The van der Waals surface area contributed by atoms with Crippen LogP contribution < -0.4 is 10.2 Å². The van der Waals surface area contributed by atoms with Gasteiger partial charge in [-0.3, -0.25) is 20.2 Å². The highest BCUT2D eigenvalue weighted by Crippen LogP contribution is 2.39. The number of hydrogen-bond acceptors (Lipinski definition) is 8. The molecule has 202 valence electrons. The maximum absolute atomic E-state index is 12.8. The fourth-order valence-corrected chi connectivity index (χ4v) is 4.67. The highest BCUT2D eigenvalue weighted by Gasteiger charge is 2.35. The van der Waals surface area contributed by atoms with Crippen LogP contribution in [-0.2, 0) is 4.74 Å². The van der Waals surface area contributed by atoms with Crippen molar-refractivity contribution in [3.8, 4) is 0 Å². The number of esters is 1. The lowest BCUT2D eigenvalue weighted by atomic mass is 10.0. The van der Waals surface area contributed by atoms with Crippen LogP contribution in [0.15, 0.2) is 66.7 Å². The van der Waals surface area contributed by atoms with Gasteiger partial charge in [-0.1, -0.05) is 56.0 Å². The Labute approximate surface area is 225 Å². The van der Waals surface area contributed by atoms with E-state index < -0.39 is 27.2 Å². The molecule has 0 aromatic heterocycles. The van der Waals surface area contributed by atoms with Crippen molar-refractivity contribution in [2.24, 2.45) is 0 Å². The molecule has 0 aliphatic carbocycles. The van der Waals surface area contributed by atoms with Crippen molar-refractivity contribution in [3.05, 3.63) is 92.5 Å². The van der Waals surface area contributed by atoms with Gasteiger partial charge in [0.2, 0.25) is 0 Å². The van der Waals surface area contributed by atoms with Crippen LogP contribution in [0.4, 0.5) is 22.7 Å². The number of ether oxygens (including phenoxy) is 1. The van der Waals surface area contributed by atoms with Gasteiger partial charge in [-0.05, 0) is 36.1 Å². The van der Waals surface area contributed by atoms with Crippen molar-refractivity contribution in [3.63, 3.8) is 0 Å². The number of nitro benzene ring substituents is 2. The molecule has 1 N–H and O–H groups in total. The molecule has 0 spiro atoms. The van der Waals surface area contributed by atoms with Crippen molar-refractivity contribution < 1.29 is 19.4 Å². The molecule has 0 unspecified atom stereocenters. The largest absolute Gasteiger partial charge is 0.462 e. The van der Waals surface area contributed by atoms with Gasteiger partial charge in [0, 0.05) is 42.2 Å². The third kappa shape index (κ3) is 5.90. The Morgan fingerprint density at radius 2 is 1.51 bits per heavy atom. The lowest BCUT2D eigenvalue weighted by Gasteiger charge is -2.14. The summed E-state index contributed by atoms with van der Waals surface area (Å²) >= 11 is 0. The lowest BCUT2D eigenvalue weighted by Crippen LogP contribution is -2.12. The van der Waals surface area contributed by atoms with Crippen LogP contribution in [0.5, 0.6) is 0 Å². The number of nitro groups is 2. The van der Waals surface area contributed by atoms with E-state index in [1.165, 1.54) is 10.8 Å². The minimum absolute atomic E-state index is 0. The maximum Gasteiger partial charge on any atom is 0.340 e. The quantitative estimate of drug-likeness (QED) is 0.0566. The predicted molar refractivity (Wildman–Crippen MR) is 153 cm³/mol. The van der Waals surface area contributed by atoms with E-state index in [9.17, 15) is 25.0 Å². The number of rotatable bonds is 11. The first-order valence-electron chi connectivity index (χ1n) is 12.5. The summed E-state index contributed by atoms with van der Waals surface area (Å²) in [6, 6.07) is 20.6. The van der Waals surface area contributed by atoms with Gasteiger partial charge in [-0.15, -0.1) is 0 Å². The van der Waals surface area contributed by atoms with Crippen LogP contribution in [0.25, 0.3) is 21.5 Å². The Balaban J connectivity index is 0.00000353. The number of nitrogens with one attached hydrogen (secondary N) is 1. The summed E-state index contributed by atoms with van der Waals surface area (Å²) < 4.78 is 5.37. The smallest absolute Gasteiger partial charge is 0.340 e. The predicted octanol–water partition coefficient (Wildman–Crippen LogP) is 6.70. The molecule has 0 radical (unpaired) electrons. The second-order valence-corrected chi connectivity index (χ2v) is 9.18. The average Bonchev–Trinajstić information content (AvgIpc) is 3.76. The number of fused-ring (bicyclic) bond motifs is 2. The van der Waals surface area contributed by atoms with E-state index in [1.807, 2.05) is 24.3 Å². The second kappa shape index (κ2) is 11.8. The number of unbranched alkanes of at least 4 members (excludes halogenated alkanes) is 2. The van der Waals surface area contributed by atoms with E-state index in [4.69, 9.17) is 4.74 Å². The van der Waals surface area contributed by atoms with Crippen molar-refractivity contribution >= 4 is 50.3 Å². The maximum atomic E-state index is 12.8. The first-order valence-corrected chi connectivity index (χ1v) is 12.5. The number of carbonyl (C=O) groups is 1. The van der Waals surface area contributed by atoms with Gasteiger partial charge in [0.25, 0.3) is 11.4 Å². The fourth-order valence-electron chi connectivity index (χ4n) is 4.67. The van der Waals surface area contributed by atoms with Gasteiger partial charge in [-0.25, -0.2) is 4.79 Å². The fraction of sp³-hybridized carbons (Fsp3) is 0.276. The summed E-state index contributed by atoms with van der Waals surface area (Å²) in [5, 5.41) is 31.0. The molecule has 5 rings (SSSR count). The van der Waals surface area contributed by atoms with Crippen LogP contribution >= 0.6 is 0 Å². The molecule has 0 bridgehead atoms. The number of non-ortho nitro benzene ring substituents is 1. The molecule has 4 aromatic rings. The van der Waals surface area contributed by atoms with Gasteiger partial charge >= 0.3 is 5.97 Å². The summed E-state index contributed by atoms with van der Waals surface area (Å²) in [6.07, 6.45) is 2.23. The van der Waals surface area contributed by atoms with E-state index in [-0.39, 0.29) is 25.3 Å². The van der Waals surface area contributed by atoms with Crippen LogP contribution in [0.1, 0.15) is 37.0 Å². The van der Waals surface area contributed by atoms with Crippen LogP contribution in [0.2, 0.25) is 0 Å². The number of carbonyl (C=O) groups excluding carboxylic acids is 1. The molecule has 10 nitrogen and oxygen atoms in total. The highest BCUT2D eigenvalue weighted by molar-refractivity contribution is 6.11. The van der Waals surface area contributed by atoms with Crippen molar-refractivity contribution in [2.75, 3.05) is 36.5 Å². The molecule has 0 atom stereocenters. The third-order valence-corrected chi connectivity index (χ3v) is 6.59. The summed E-state index contributed by atoms with van der Waals surface area (Å²) in [5.74, 6) is -0.793. The van der Waals surface area contributed by atoms with Crippen LogP contribution in [-0.4, -0.2) is 42.1 Å². The number of anilines is 2.